The summed E-state index contributed by atoms with van der Waals surface area (Å²) in [6, 6.07) is 15.7. The molecule has 0 spiro atoms. The van der Waals surface area contributed by atoms with Crippen molar-refractivity contribution in [1.29, 1.82) is 0 Å². The number of methoxy groups -OCH3 is 1. The van der Waals surface area contributed by atoms with Crippen molar-refractivity contribution >= 4 is 16.7 Å². The average Bonchev–Trinajstić information content (AvgIpc) is 2.75. The summed E-state index contributed by atoms with van der Waals surface area (Å²) in [5, 5.41) is 4.85. The van der Waals surface area contributed by atoms with Crippen molar-refractivity contribution in [2.75, 3.05) is 33.3 Å². The number of pyridine rings is 1. The van der Waals surface area contributed by atoms with Crippen LogP contribution in [0.1, 0.15) is 24.2 Å². The van der Waals surface area contributed by atoms with Crippen LogP contribution in [0.5, 0.6) is 5.75 Å². The van der Waals surface area contributed by atoms with Crippen molar-refractivity contribution in [3.63, 3.8) is 0 Å². The molecule has 146 valence electrons. The molecule has 3 aromatic rings. The zero-order valence-corrected chi connectivity index (χ0v) is 16.7. The number of rotatable bonds is 8. The smallest absolute Gasteiger partial charge is 0.253 e. The molecular formula is C23H27N3O2. The molecule has 1 amide bonds. The molecule has 5 heteroatoms. The van der Waals surface area contributed by atoms with Gasteiger partial charge in [-0.25, -0.2) is 0 Å². The van der Waals surface area contributed by atoms with Gasteiger partial charge in [-0.05, 0) is 30.6 Å². The molecule has 1 N–H and O–H groups in total. The minimum Gasteiger partial charge on any atom is -0.496 e. The van der Waals surface area contributed by atoms with Gasteiger partial charge in [0.15, 0.2) is 0 Å². The van der Waals surface area contributed by atoms with Crippen LogP contribution in [0, 0.1) is 0 Å². The van der Waals surface area contributed by atoms with Crippen molar-refractivity contribution < 1.29 is 9.53 Å². The molecular weight excluding hydrogens is 350 g/mol. The zero-order valence-electron chi connectivity index (χ0n) is 16.7. The van der Waals surface area contributed by atoms with Gasteiger partial charge in [0.2, 0.25) is 0 Å². The van der Waals surface area contributed by atoms with E-state index >= 15 is 0 Å². The molecule has 5 nitrogen and oxygen atoms in total. The molecule has 0 radical (unpaired) electrons. The van der Waals surface area contributed by atoms with E-state index in [1.54, 1.807) is 13.3 Å². The third kappa shape index (κ3) is 4.15. The summed E-state index contributed by atoms with van der Waals surface area (Å²) >= 11 is 0. The molecule has 0 aliphatic rings. The van der Waals surface area contributed by atoms with Crippen LogP contribution in [0.2, 0.25) is 0 Å². The van der Waals surface area contributed by atoms with E-state index < -0.39 is 0 Å². The van der Waals surface area contributed by atoms with Gasteiger partial charge >= 0.3 is 0 Å². The highest BCUT2D eigenvalue weighted by molar-refractivity contribution is 6.10. The van der Waals surface area contributed by atoms with Gasteiger partial charge < -0.3 is 15.0 Å². The Kier molecular flexibility index (Phi) is 6.61. The molecule has 0 saturated heterocycles. The molecule has 0 bridgehead atoms. The number of aromatic nitrogens is 1. The van der Waals surface area contributed by atoms with Crippen LogP contribution in [0.25, 0.3) is 22.0 Å². The second-order valence-corrected chi connectivity index (χ2v) is 6.55. The molecule has 1 heterocycles. The van der Waals surface area contributed by atoms with E-state index in [0.717, 1.165) is 47.4 Å². The first kappa shape index (κ1) is 19.8. The fraction of sp³-hybridized carbons (Fsp3) is 0.304. The predicted molar refractivity (Wildman–Crippen MR) is 114 cm³/mol. The van der Waals surface area contributed by atoms with E-state index in [0.29, 0.717) is 12.1 Å². The van der Waals surface area contributed by atoms with Crippen molar-refractivity contribution in [3.8, 4) is 17.0 Å². The Labute approximate surface area is 166 Å². The highest BCUT2D eigenvalue weighted by atomic mass is 16.5. The minimum atomic E-state index is -0.0950. The number of fused-ring (bicyclic) bond motifs is 1. The van der Waals surface area contributed by atoms with Crippen molar-refractivity contribution in [1.82, 2.24) is 15.2 Å². The maximum absolute atomic E-state index is 12.8. The molecule has 1 aromatic heterocycles. The summed E-state index contributed by atoms with van der Waals surface area (Å²) in [7, 11) is 1.65. The van der Waals surface area contributed by atoms with E-state index in [2.05, 4.69) is 29.0 Å². The van der Waals surface area contributed by atoms with Crippen LogP contribution < -0.4 is 10.1 Å². The number of para-hydroxylation sites is 1. The van der Waals surface area contributed by atoms with Crippen LogP contribution in [-0.4, -0.2) is 49.1 Å². The monoisotopic (exact) mass is 377 g/mol. The van der Waals surface area contributed by atoms with Crippen LogP contribution >= 0.6 is 0 Å². The third-order valence-electron chi connectivity index (χ3n) is 5.01. The Morgan fingerprint density at radius 3 is 2.43 bits per heavy atom. The van der Waals surface area contributed by atoms with E-state index in [1.807, 2.05) is 48.5 Å². The van der Waals surface area contributed by atoms with Crippen molar-refractivity contribution in [2.45, 2.75) is 13.8 Å². The molecule has 2 aromatic carbocycles. The lowest BCUT2D eigenvalue weighted by molar-refractivity contribution is 0.0950. The predicted octanol–water partition coefficient (Wildman–Crippen LogP) is 3.98. The van der Waals surface area contributed by atoms with Crippen LogP contribution in [0.4, 0.5) is 0 Å². The molecule has 0 atom stereocenters. The first-order chi connectivity index (χ1) is 13.7. The Balaban J connectivity index is 1.93. The zero-order chi connectivity index (χ0) is 19.9. The number of carbonyl (C=O) groups is 1. The normalized spacial score (nSPS) is 11.0. The standard InChI is InChI=1S/C23H27N3O2/c1-4-26(5-2)15-14-24-23(27)20-16-25-22(18-11-7-6-10-17(18)20)19-12-8-9-13-21(19)28-3/h6-13,16H,4-5,14-15H2,1-3H3,(H,24,27). The first-order valence-electron chi connectivity index (χ1n) is 9.71. The number of benzene rings is 2. The number of likely N-dealkylation sites (N-methyl/N-ethyl adjacent to an activating group) is 1. The van der Waals surface area contributed by atoms with Crippen LogP contribution in [0.15, 0.2) is 54.7 Å². The van der Waals surface area contributed by atoms with Crippen LogP contribution in [-0.2, 0) is 0 Å². The molecule has 28 heavy (non-hydrogen) atoms. The number of nitrogens with one attached hydrogen (secondary N) is 1. The van der Waals surface area contributed by atoms with Crippen molar-refractivity contribution in [2.24, 2.45) is 0 Å². The molecule has 0 unspecified atom stereocenters. The molecule has 0 aliphatic carbocycles. The fourth-order valence-electron chi connectivity index (χ4n) is 3.39. The first-order valence-corrected chi connectivity index (χ1v) is 9.71. The summed E-state index contributed by atoms with van der Waals surface area (Å²) in [5.41, 5.74) is 2.32. The van der Waals surface area contributed by atoms with Gasteiger partial charge in [-0.1, -0.05) is 50.2 Å². The second-order valence-electron chi connectivity index (χ2n) is 6.55. The SMILES string of the molecule is CCN(CC)CCNC(=O)c1cnc(-c2ccccc2OC)c2ccccc12. The number of hydrogen-bond donors (Lipinski definition) is 1. The summed E-state index contributed by atoms with van der Waals surface area (Å²) in [5.74, 6) is 0.666. The lowest BCUT2D eigenvalue weighted by Gasteiger charge is -2.18. The number of nitrogens with zero attached hydrogens (tertiary/aromatic N) is 2. The Morgan fingerprint density at radius 2 is 1.71 bits per heavy atom. The second kappa shape index (κ2) is 9.33. The van der Waals surface area contributed by atoms with E-state index in [-0.39, 0.29) is 5.91 Å². The van der Waals surface area contributed by atoms with Gasteiger partial charge in [0.25, 0.3) is 5.91 Å². The quantitative estimate of drug-likeness (QED) is 0.645. The van der Waals surface area contributed by atoms with Crippen molar-refractivity contribution in [3.05, 3.63) is 60.3 Å². The average molecular weight is 377 g/mol. The number of carbonyl (C=O) groups excluding carboxylic acids is 1. The minimum absolute atomic E-state index is 0.0950. The summed E-state index contributed by atoms with van der Waals surface area (Å²) in [4.78, 5) is 19.7. The Bertz CT molecular complexity index is 951. The lowest BCUT2D eigenvalue weighted by atomic mass is 10.00. The number of amides is 1. The highest BCUT2D eigenvalue weighted by Gasteiger charge is 2.16. The summed E-state index contributed by atoms with van der Waals surface area (Å²) < 4.78 is 5.50. The fourth-order valence-corrected chi connectivity index (χ4v) is 3.39. The number of ether oxygens (including phenoxy) is 1. The molecule has 3 rings (SSSR count). The van der Waals surface area contributed by atoms with Gasteiger partial charge in [0.05, 0.1) is 18.4 Å². The molecule has 0 saturated carbocycles. The van der Waals surface area contributed by atoms with E-state index in [1.165, 1.54) is 0 Å². The maximum Gasteiger partial charge on any atom is 0.253 e. The Morgan fingerprint density at radius 1 is 1.04 bits per heavy atom. The Hall–Kier alpha value is -2.92. The number of hydrogen-bond acceptors (Lipinski definition) is 4. The van der Waals surface area contributed by atoms with Gasteiger partial charge in [-0.15, -0.1) is 0 Å². The largest absolute Gasteiger partial charge is 0.496 e. The summed E-state index contributed by atoms with van der Waals surface area (Å²) in [6.45, 7) is 7.65. The van der Waals surface area contributed by atoms with Gasteiger partial charge in [0.1, 0.15) is 5.75 Å². The van der Waals surface area contributed by atoms with Gasteiger partial charge in [-0.2, -0.15) is 0 Å². The lowest BCUT2D eigenvalue weighted by Crippen LogP contribution is -2.34. The third-order valence-corrected chi connectivity index (χ3v) is 5.01. The van der Waals surface area contributed by atoms with E-state index in [4.69, 9.17) is 4.74 Å². The van der Waals surface area contributed by atoms with Gasteiger partial charge in [-0.3, -0.25) is 9.78 Å². The van der Waals surface area contributed by atoms with Gasteiger partial charge in [0, 0.05) is 30.2 Å². The summed E-state index contributed by atoms with van der Waals surface area (Å²) in [6.07, 6.45) is 1.66. The maximum atomic E-state index is 12.8. The topological polar surface area (TPSA) is 54.5 Å². The highest BCUT2D eigenvalue weighted by Crippen LogP contribution is 2.34. The molecule has 0 fully saturated rings. The molecule has 0 aliphatic heterocycles. The van der Waals surface area contributed by atoms with E-state index in [9.17, 15) is 4.79 Å². The van der Waals surface area contributed by atoms with Crippen LogP contribution in [0.3, 0.4) is 0 Å².